The van der Waals surface area contributed by atoms with Gasteiger partial charge in [0.25, 0.3) is 5.69 Å². The van der Waals surface area contributed by atoms with Crippen LogP contribution in [0.25, 0.3) is 0 Å². The Hall–Kier alpha value is -1.76. The molecule has 0 radical (unpaired) electrons. The highest BCUT2D eigenvalue weighted by molar-refractivity contribution is 7.99. The Bertz CT molecular complexity index is 550. The molecule has 0 aromatic heterocycles. The largest absolute Gasteiger partial charge is 0.477 e. The first-order valence-corrected chi connectivity index (χ1v) is 8.12. The number of nitrogens with zero attached hydrogens (tertiary/aromatic N) is 1. The maximum absolute atomic E-state index is 11.2. The first-order chi connectivity index (χ1) is 10.0. The third kappa shape index (κ3) is 3.66. The van der Waals surface area contributed by atoms with Gasteiger partial charge in [-0.1, -0.05) is 12.8 Å². The van der Waals surface area contributed by atoms with Gasteiger partial charge in [0, 0.05) is 23.0 Å². The summed E-state index contributed by atoms with van der Waals surface area (Å²) in [7, 11) is 0. The van der Waals surface area contributed by atoms with E-state index in [0.29, 0.717) is 10.9 Å². The van der Waals surface area contributed by atoms with Gasteiger partial charge in [-0.3, -0.25) is 10.1 Å². The molecule has 0 spiro atoms. The van der Waals surface area contributed by atoms with Crippen LogP contribution in [0.5, 0.6) is 0 Å². The number of benzene rings is 1. The Balaban J connectivity index is 2.22. The van der Waals surface area contributed by atoms with Crippen molar-refractivity contribution >= 4 is 29.1 Å². The maximum atomic E-state index is 11.2. The van der Waals surface area contributed by atoms with Gasteiger partial charge in [0.15, 0.2) is 0 Å². The second-order valence-electron chi connectivity index (χ2n) is 5.10. The second kappa shape index (κ2) is 6.80. The molecule has 0 heterocycles. The molecule has 2 N–H and O–H groups in total. The van der Waals surface area contributed by atoms with E-state index in [1.165, 1.54) is 18.6 Å². The van der Waals surface area contributed by atoms with Crippen molar-refractivity contribution in [2.45, 2.75) is 37.0 Å². The van der Waals surface area contributed by atoms with E-state index in [2.05, 4.69) is 11.6 Å². The summed E-state index contributed by atoms with van der Waals surface area (Å²) in [5, 5.41) is 23.8. The molecule has 1 aromatic rings. The second-order valence-corrected chi connectivity index (χ2v) is 6.18. The standard InChI is InChI=1S/C14H18N2O4S/c1-21-13-5-3-2-4-11(13)15-9-6-7-12(16(19)20)10(8-9)14(17)18/h6-8,11,13,15H,2-5H2,1H3,(H,17,18). The minimum absolute atomic E-state index is 0.275. The Kier molecular flexibility index (Phi) is 5.06. The summed E-state index contributed by atoms with van der Waals surface area (Å²) in [5.74, 6) is -1.28. The summed E-state index contributed by atoms with van der Waals surface area (Å²) < 4.78 is 0. The van der Waals surface area contributed by atoms with E-state index in [1.807, 2.05) is 0 Å². The average Bonchev–Trinajstić information content (AvgIpc) is 2.47. The average molecular weight is 310 g/mol. The molecule has 1 saturated carbocycles. The van der Waals surface area contributed by atoms with Gasteiger partial charge in [0.2, 0.25) is 0 Å². The normalized spacial score (nSPS) is 21.8. The molecule has 2 rings (SSSR count). The van der Waals surface area contributed by atoms with Gasteiger partial charge in [0.1, 0.15) is 5.56 Å². The monoisotopic (exact) mass is 310 g/mol. The van der Waals surface area contributed by atoms with Crippen LogP contribution in [0.3, 0.4) is 0 Å². The molecule has 1 aliphatic carbocycles. The Labute approximate surface area is 127 Å². The van der Waals surface area contributed by atoms with Gasteiger partial charge in [0.05, 0.1) is 4.92 Å². The minimum Gasteiger partial charge on any atom is -0.477 e. The van der Waals surface area contributed by atoms with Gasteiger partial charge in [-0.2, -0.15) is 11.8 Å². The van der Waals surface area contributed by atoms with Crippen LogP contribution in [0.4, 0.5) is 11.4 Å². The molecule has 0 aliphatic heterocycles. The summed E-state index contributed by atoms with van der Waals surface area (Å²) in [4.78, 5) is 21.3. The Morgan fingerprint density at radius 3 is 2.76 bits per heavy atom. The number of hydrogen-bond donors (Lipinski definition) is 2. The lowest BCUT2D eigenvalue weighted by atomic mass is 9.94. The quantitative estimate of drug-likeness (QED) is 0.640. The van der Waals surface area contributed by atoms with Crippen molar-refractivity contribution in [3.05, 3.63) is 33.9 Å². The number of nitro benzene ring substituents is 1. The molecule has 1 fully saturated rings. The third-order valence-electron chi connectivity index (χ3n) is 3.78. The van der Waals surface area contributed by atoms with Gasteiger partial charge in [-0.05, 0) is 31.2 Å². The summed E-state index contributed by atoms with van der Waals surface area (Å²) in [5.41, 5.74) is -0.0245. The van der Waals surface area contributed by atoms with Crippen molar-refractivity contribution < 1.29 is 14.8 Å². The predicted molar refractivity (Wildman–Crippen MR) is 83.2 cm³/mol. The van der Waals surface area contributed by atoms with E-state index in [1.54, 1.807) is 17.8 Å². The number of aromatic carboxylic acids is 1. The van der Waals surface area contributed by atoms with E-state index in [0.717, 1.165) is 19.3 Å². The van der Waals surface area contributed by atoms with Crippen LogP contribution in [0.2, 0.25) is 0 Å². The van der Waals surface area contributed by atoms with E-state index in [-0.39, 0.29) is 17.3 Å². The van der Waals surface area contributed by atoms with Crippen molar-refractivity contribution in [2.24, 2.45) is 0 Å². The highest BCUT2D eigenvalue weighted by Gasteiger charge is 2.25. The van der Waals surface area contributed by atoms with Gasteiger partial charge in [-0.25, -0.2) is 4.79 Å². The number of thioether (sulfide) groups is 1. The van der Waals surface area contributed by atoms with Gasteiger partial charge in [-0.15, -0.1) is 0 Å². The molecule has 0 bridgehead atoms. The third-order valence-corrected chi connectivity index (χ3v) is 4.95. The zero-order valence-corrected chi connectivity index (χ0v) is 12.6. The van der Waals surface area contributed by atoms with Gasteiger partial charge >= 0.3 is 5.97 Å². The van der Waals surface area contributed by atoms with E-state index >= 15 is 0 Å². The summed E-state index contributed by atoms with van der Waals surface area (Å²) in [6.45, 7) is 0. The lowest BCUT2D eigenvalue weighted by Gasteiger charge is -2.31. The zero-order valence-electron chi connectivity index (χ0n) is 11.7. The molecule has 0 amide bonds. The van der Waals surface area contributed by atoms with Crippen molar-refractivity contribution in [3.63, 3.8) is 0 Å². The lowest BCUT2D eigenvalue weighted by molar-refractivity contribution is -0.385. The van der Waals surface area contributed by atoms with E-state index in [4.69, 9.17) is 5.11 Å². The number of anilines is 1. The highest BCUT2D eigenvalue weighted by atomic mass is 32.2. The number of rotatable bonds is 5. The number of carboxylic acid groups (broad SMARTS) is 1. The fourth-order valence-corrected chi connectivity index (χ4v) is 3.65. The predicted octanol–water partition coefficient (Wildman–Crippen LogP) is 3.38. The summed E-state index contributed by atoms with van der Waals surface area (Å²) in [6.07, 6.45) is 6.60. The number of carboxylic acids is 1. The number of carbonyl (C=O) groups is 1. The summed E-state index contributed by atoms with van der Waals surface area (Å²) >= 11 is 1.80. The fourth-order valence-electron chi connectivity index (χ4n) is 2.71. The highest BCUT2D eigenvalue weighted by Crippen LogP contribution is 2.31. The fraction of sp³-hybridized carbons (Fsp3) is 0.500. The molecule has 0 saturated heterocycles. The molecule has 7 heteroatoms. The molecule has 1 aromatic carbocycles. The minimum atomic E-state index is -1.28. The lowest BCUT2D eigenvalue weighted by Crippen LogP contribution is -2.34. The van der Waals surface area contributed by atoms with Crippen molar-refractivity contribution in [1.29, 1.82) is 0 Å². The van der Waals surface area contributed by atoms with Crippen LogP contribution in [0, 0.1) is 10.1 Å². The maximum Gasteiger partial charge on any atom is 0.342 e. The molecular weight excluding hydrogens is 292 g/mol. The molecule has 114 valence electrons. The summed E-state index contributed by atoms with van der Waals surface area (Å²) in [6, 6.07) is 4.46. The van der Waals surface area contributed by atoms with Crippen LogP contribution in [0.1, 0.15) is 36.0 Å². The Morgan fingerprint density at radius 2 is 2.14 bits per heavy atom. The van der Waals surface area contributed by atoms with Crippen molar-refractivity contribution in [3.8, 4) is 0 Å². The first-order valence-electron chi connectivity index (χ1n) is 6.84. The molecule has 2 unspecified atom stereocenters. The van der Waals surface area contributed by atoms with E-state index in [9.17, 15) is 14.9 Å². The van der Waals surface area contributed by atoms with Crippen LogP contribution in [0.15, 0.2) is 18.2 Å². The number of hydrogen-bond acceptors (Lipinski definition) is 5. The Morgan fingerprint density at radius 1 is 1.43 bits per heavy atom. The SMILES string of the molecule is CSC1CCCCC1Nc1ccc([N+](=O)[O-])c(C(=O)O)c1. The van der Waals surface area contributed by atoms with Crippen LogP contribution >= 0.6 is 11.8 Å². The molecule has 1 aliphatic rings. The molecular formula is C14H18N2O4S. The number of nitrogens with one attached hydrogen (secondary N) is 1. The molecule has 21 heavy (non-hydrogen) atoms. The van der Waals surface area contributed by atoms with Crippen LogP contribution in [-0.2, 0) is 0 Å². The topological polar surface area (TPSA) is 92.5 Å². The number of nitro groups is 1. The molecule has 2 atom stereocenters. The first kappa shape index (κ1) is 15.6. The zero-order chi connectivity index (χ0) is 15.4. The van der Waals surface area contributed by atoms with Crippen LogP contribution < -0.4 is 5.32 Å². The molecule has 6 nitrogen and oxygen atoms in total. The van der Waals surface area contributed by atoms with Crippen molar-refractivity contribution in [2.75, 3.05) is 11.6 Å². The smallest absolute Gasteiger partial charge is 0.342 e. The van der Waals surface area contributed by atoms with Gasteiger partial charge < -0.3 is 10.4 Å². The van der Waals surface area contributed by atoms with Crippen molar-refractivity contribution in [1.82, 2.24) is 0 Å². The van der Waals surface area contributed by atoms with E-state index < -0.39 is 10.9 Å². The van der Waals surface area contributed by atoms with Crippen LogP contribution in [-0.4, -0.2) is 33.5 Å².